The van der Waals surface area contributed by atoms with Gasteiger partial charge < -0.3 is 0 Å². The summed E-state index contributed by atoms with van der Waals surface area (Å²) < 4.78 is 66.8. The number of rotatable bonds is 4. The third-order valence-electron chi connectivity index (χ3n) is 2.91. The fourth-order valence-corrected chi connectivity index (χ4v) is 1.79. The van der Waals surface area contributed by atoms with Gasteiger partial charge in [0.15, 0.2) is 23.3 Å². The number of hydrogen-bond acceptors (Lipinski definition) is 1. The van der Waals surface area contributed by atoms with Gasteiger partial charge in [0.1, 0.15) is 0 Å². The normalized spacial score (nSPS) is 12.1. The minimum absolute atomic E-state index is 0.0637. The smallest absolute Gasteiger partial charge is 0.200 e. The molecule has 1 nitrogen and oxygen atoms in total. The van der Waals surface area contributed by atoms with Crippen molar-refractivity contribution < 1.29 is 22.0 Å². The van der Waals surface area contributed by atoms with Crippen LogP contribution < -0.4 is 0 Å². The lowest BCUT2D eigenvalue weighted by molar-refractivity contribution is 0.376. The van der Waals surface area contributed by atoms with Gasteiger partial charge in [-0.15, -0.1) is 0 Å². The van der Waals surface area contributed by atoms with Gasteiger partial charge in [-0.05, 0) is 25.3 Å². The van der Waals surface area contributed by atoms with E-state index in [0.29, 0.717) is 12.8 Å². The van der Waals surface area contributed by atoms with Gasteiger partial charge in [-0.2, -0.15) is 5.26 Å². The summed E-state index contributed by atoms with van der Waals surface area (Å²) in [6.45, 7) is 3.08. The zero-order valence-corrected chi connectivity index (χ0v) is 11.0. The molecule has 1 aromatic rings. The summed E-state index contributed by atoms with van der Waals surface area (Å²) >= 11 is 0. The molecular formula is C14H12F5N. The number of nitriles is 1. The Bertz CT molecular complexity index is 570. The molecule has 0 amide bonds. The van der Waals surface area contributed by atoms with Crippen molar-refractivity contribution in [2.75, 3.05) is 0 Å². The molecule has 0 unspecified atom stereocenters. The number of nitrogens with zero attached hydrogens (tertiary/aromatic N) is 1. The van der Waals surface area contributed by atoms with Crippen LogP contribution in [0.4, 0.5) is 22.0 Å². The predicted molar refractivity (Wildman–Crippen MR) is 64.0 cm³/mol. The molecule has 108 valence electrons. The highest BCUT2D eigenvalue weighted by molar-refractivity contribution is 5.72. The van der Waals surface area contributed by atoms with E-state index in [0.717, 1.165) is 0 Å². The van der Waals surface area contributed by atoms with Gasteiger partial charge >= 0.3 is 0 Å². The summed E-state index contributed by atoms with van der Waals surface area (Å²) in [6.07, 6.45) is 1.18. The summed E-state index contributed by atoms with van der Waals surface area (Å²) in [5.74, 6) is -10.0. The lowest BCUT2D eigenvalue weighted by Gasteiger charge is -2.12. The molecular weight excluding hydrogens is 277 g/mol. The van der Waals surface area contributed by atoms with Crippen molar-refractivity contribution in [3.8, 4) is 6.07 Å². The Morgan fingerprint density at radius 3 is 1.80 bits per heavy atom. The van der Waals surface area contributed by atoms with Gasteiger partial charge in [-0.3, -0.25) is 0 Å². The second-order valence-corrected chi connectivity index (χ2v) is 4.26. The summed E-state index contributed by atoms with van der Waals surface area (Å²) in [5.41, 5.74) is -1.22. The van der Waals surface area contributed by atoms with Crippen molar-refractivity contribution in [2.24, 2.45) is 0 Å². The molecule has 0 saturated carbocycles. The molecule has 0 fully saturated rings. The van der Waals surface area contributed by atoms with Crippen LogP contribution in [-0.2, 0) is 0 Å². The molecule has 0 aliphatic heterocycles. The molecule has 1 aromatic carbocycles. The summed E-state index contributed by atoms with van der Waals surface area (Å²) in [4.78, 5) is 0. The van der Waals surface area contributed by atoms with E-state index in [1.807, 2.05) is 0 Å². The number of allylic oxidation sites excluding steroid dienone is 2. The molecule has 0 radical (unpaired) electrons. The topological polar surface area (TPSA) is 23.8 Å². The first-order valence-corrected chi connectivity index (χ1v) is 5.98. The Morgan fingerprint density at radius 2 is 1.40 bits per heavy atom. The minimum atomic E-state index is -2.20. The van der Waals surface area contributed by atoms with Gasteiger partial charge in [0.25, 0.3) is 0 Å². The first-order chi connectivity index (χ1) is 9.36. The van der Waals surface area contributed by atoms with Crippen LogP contribution in [0.1, 0.15) is 38.7 Å². The highest BCUT2D eigenvalue weighted by atomic mass is 19.2. The quantitative estimate of drug-likeness (QED) is 0.336. The van der Waals surface area contributed by atoms with E-state index in [4.69, 9.17) is 5.26 Å². The average Bonchev–Trinajstić information content (AvgIpc) is 2.45. The van der Waals surface area contributed by atoms with E-state index in [-0.39, 0.29) is 17.6 Å². The average molecular weight is 289 g/mol. The van der Waals surface area contributed by atoms with E-state index in [1.165, 1.54) is 6.92 Å². The second-order valence-electron chi connectivity index (χ2n) is 4.26. The van der Waals surface area contributed by atoms with Crippen LogP contribution in [-0.4, -0.2) is 0 Å². The lowest BCUT2D eigenvalue weighted by Crippen LogP contribution is -2.07. The SMILES string of the molecule is CCCCC(=C(C)C#N)c1c(F)c(F)c(F)c(F)c1F. The Labute approximate surface area is 113 Å². The Kier molecular flexibility index (Phi) is 5.26. The second kappa shape index (κ2) is 6.51. The molecule has 0 aromatic heterocycles. The maximum absolute atomic E-state index is 13.7. The summed E-state index contributed by atoms with van der Waals surface area (Å²) in [7, 11) is 0. The van der Waals surface area contributed by atoms with Crippen LogP contribution in [0.5, 0.6) is 0 Å². The van der Waals surface area contributed by atoms with E-state index in [9.17, 15) is 22.0 Å². The van der Waals surface area contributed by atoms with Gasteiger partial charge in [-0.25, -0.2) is 22.0 Å². The van der Waals surface area contributed by atoms with Crippen LogP contribution in [0, 0.1) is 40.4 Å². The molecule has 0 heterocycles. The Morgan fingerprint density at radius 1 is 0.950 bits per heavy atom. The van der Waals surface area contributed by atoms with Crippen LogP contribution in [0.15, 0.2) is 5.57 Å². The minimum Gasteiger partial charge on any atom is -0.203 e. The van der Waals surface area contributed by atoms with Crippen LogP contribution in [0.2, 0.25) is 0 Å². The van der Waals surface area contributed by atoms with Crippen molar-refractivity contribution in [1.82, 2.24) is 0 Å². The zero-order chi connectivity index (χ0) is 15.4. The molecule has 0 spiro atoms. The molecule has 0 saturated heterocycles. The molecule has 0 aliphatic rings. The van der Waals surface area contributed by atoms with Gasteiger partial charge in [0, 0.05) is 5.57 Å². The first kappa shape index (κ1) is 16.2. The summed E-state index contributed by atoms with van der Waals surface area (Å²) in [6, 6.07) is 1.69. The van der Waals surface area contributed by atoms with Gasteiger partial charge in [0.05, 0.1) is 11.6 Å². The molecule has 20 heavy (non-hydrogen) atoms. The van der Waals surface area contributed by atoms with Crippen molar-refractivity contribution in [3.63, 3.8) is 0 Å². The standard InChI is InChI=1S/C14H12F5N/c1-3-4-5-8(7(2)6-20)9-10(15)12(17)14(19)13(18)11(9)16/h3-5H2,1-2H3. The lowest BCUT2D eigenvalue weighted by atomic mass is 9.94. The number of benzene rings is 1. The van der Waals surface area contributed by atoms with E-state index in [1.54, 1.807) is 13.0 Å². The van der Waals surface area contributed by atoms with Gasteiger partial charge in [-0.1, -0.05) is 13.3 Å². The fraction of sp³-hybridized carbons (Fsp3) is 0.357. The van der Waals surface area contributed by atoms with E-state index in [2.05, 4.69) is 0 Å². The predicted octanol–water partition coefficient (Wildman–Crippen LogP) is 4.87. The molecule has 1 rings (SSSR count). The van der Waals surface area contributed by atoms with Crippen LogP contribution in [0.3, 0.4) is 0 Å². The van der Waals surface area contributed by atoms with Crippen LogP contribution >= 0.6 is 0 Å². The fourth-order valence-electron chi connectivity index (χ4n) is 1.79. The van der Waals surface area contributed by atoms with Crippen molar-refractivity contribution >= 4 is 5.57 Å². The zero-order valence-electron chi connectivity index (χ0n) is 11.0. The van der Waals surface area contributed by atoms with Gasteiger partial charge in [0.2, 0.25) is 5.82 Å². The number of unbranched alkanes of at least 4 members (excludes halogenated alkanes) is 1. The third-order valence-corrected chi connectivity index (χ3v) is 2.91. The maximum Gasteiger partial charge on any atom is 0.200 e. The number of hydrogen-bond donors (Lipinski definition) is 0. The summed E-state index contributed by atoms with van der Waals surface area (Å²) in [5, 5.41) is 8.83. The molecule has 0 atom stereocenters. The number of halogens is 5. The highest BCUT2D eigenvalue weighted by Crippen LogP contribution is 2.32. The van der Waals surface area contributed by atoms with Crippen molar-refractivity contribution in [3.05, 3.63) is 40.2 Å². The largest absolute Gasteiger partial charge is 0.203 e. The van der Waals surface area contributed by atoms with Crippen molar-refractivity contribution in [1.29, 1.82) is 5.26 Å². The molecule has 0 aliphatic carbocycles. The Balaban J connectivity index is 3.63. The molecule has 0 bridgehead atoms. The van der Waals surface area contributed by atoms with E-state index >= 15 is 0 Å². The van der Waals surface area contributed by atoms with Crippen molar-refractivity contribution in [2.45, 2.75) is 33.1 Å². The Hall–Kier alpha value is -1.90. The maximum atomic E-state index is 13.7. The third kappa shape index (κ3) is 2.82. The molecule has 0 N–H and O–H groups in total. The van der Waals surface area contributed by atoms with Crippen LogP contribution in [0.25, 0.3) is 5.57 Å². The monoisotopic (exact) mass is 289 g/mol. The molecule has 6 heteroatoms. The highest BCUT2D eigenvalue weighted by Gasteiger charge is 2.28. The van der Waals surface area contributed by atoms with E-state index < -0.39 is 34.6 Å². The first-order valence-electron chi connectivity index (χ1n) is 5.98.